The number of pyridine rings is 1. The molecule has 0 atom stereocenters. The van der Waals surface area contributed by atoms with Gasteiger partial charge in [-0.25, -0.2) is 4.98 Å². The van der Waals surface area contributed by atoms with Gasteiger partial charge in [0.25, 0.3) is 0 Å². The molecule has 0 unspecified atom stereocenters. The van der Waals surface area contributed by atoms with Crippen LogP contribution in [0.15, 0.2) is 18.3 Å². The maximum absolute atomic E-state index is 12.6. The second kappa shape index (κ2) is 4.31. The first-order chi connectivity index (χ1) is 8.32. The van der Waals surface area contributed by atoms with Gasteiger partial charge >= 0.3 is 6.18 Å². The number of nitrogens with two attached hydrogens (primary N) is 1. The summed E-state index contributed by atoms with van der Waals surface area (Å²) >= 11 is 0. The summed E-state index contributed by atoms with van der Waals surface area (Å²) in [5, 5.41) is 9.53. The second-order valence-electron chi connectivity index (χ2n) is 4.46. The van der Waals surface area contributed by atoms with Crippen LogP contribution in [-0.4, -0.2) is 35.0 Å². The third-order valence-corrected chi connectivity index (χ3v) is 3.25. The quantitative estimate of drug-likeness (QED) is 0.805. The lowest BCUT2D eigenvalue weighted by atomic mass is 9.90. The van der Waals surface area contributed by atoms with Crippen molar-refractivity contribution >= 4 is 11.5 Å². The third kappa shape index (κ3) is 2.35. The minimum absolute atomic E-state index is 0.140. The number of rotatable bonds is 1. The van der Waals surface area contributed by atoms with Gasteiger partial charge in [0.2, 0.25) is 0 Å². The Hall–Kier alpha value is -1.50. The van der Waals surface area contributed by atoms with E-state index in [9.17, 15) is 18.3 Å². The van der Waals surface area contributed by atoms with Crippen LogP contribution in [0.25, 0.3) is 0 Å². The summed E-state index contributed by atoms with van der Waals surface area (Å²) in [6, 6.07) is 3.31. The lowest BCUT2D eigenvalue weighted by Gasteiger charge is -2.39. The average molecular weight is 261 g/mol. The number of piperidine rings is 1. The minimum atomic E-state index is -4.57. The normalized spacial score (nSPS) is 19.9. The Balaban J connectivity index is 2.05. The van der Waals surface area contributed by atoms with Gasteiger partial charge < -0.3 is 15.7 Å². The molecule has 2 rings (SSSR count). The van der Waals surface area contributed by atoms with Crippen LogP contribution in [0.2, 0.25) is 0 Å². The first kappa shape index (κ1) is 12.9. The van der Waals surface area contributed by atoms with E-state index in [1.54, 1.807) is 17.0 Å². The third-order valence-electron chi connectivity index (χ3n) is 3.25. The number of alkyl halides is 3. The summed E-state index contributed by atoms with van der Waals surface area (Å²) in [7, 11) is 0. The summed E-state index contributed by atoms with van der Waals surface area (Å²) < 4.78 is 37.8. The van der Waals surface area contributed by atoms with Crippen LogP contribution in [0.5, 0.6) is 0 Å². The van der Waals surface area contributed by atoms with E-state index < -0.39 is 11.8 Å². The number of hydrogen-bond donors (Lipinski definition) is 2. The summed E-state index contributed by atoms with van der Waals surface area (Å²) in [6.45, 7) is 0.281. The molecule has 1 aromatic heterocycles. The van der Waals surface area contributed by atoms with Gasteiger partial charge in [-0.05, 0) is 12.1 Å². The molecule has 1 saturated heterocycles. The van der Waals surface area contributed by atoms with Crippen LogP contribution >= 0.6 is 0 Å². The van der Waals surface area contributed by atoms with Crippen molar-refractivity contribution in [3.8, 4) is 0 Å². The Morgan fingerprint density at radius 1 is 1.28 bits per heavy atom. The summed E-state index contributed by atoms with van der Waals surface area (Å²) in [5.41, 5.74) is 3.59. The average Bonchev–Trinajstić information content (AvgIpc) is 2.30. The highest BCUT2D eigenvalue weighted by Crippen LogP contribution is 2.39. The first-order valence-electron chi connectivity index (χ1n) is 5.57. The summed E-state index contributed by atoms with van der Waals surface area (Å²) in [6.07, 6.45) is -3.71. The molecule has 0 spiro atoms. The lowest BCUT2D eigenvalue weighted by molar-refractivity contribution is -0.266. The maximum atomic E-state index is 12.6. The molecule has 1 aromatic rings. The predicted octanol–water partition coefficient (Wildman–Crippen LogP) is 1.56. The molecule has 4 nitrogen and oxygen atoms in total. The molecule has 0 bridgehead atoms. The van der Waals surface area contributed by atoms with Gasteiger partial charge in [-0.15, -0.1) is 0 Å². The fourth-order valence-electron chi connectivity index (χ4n) is 2.00. The molecule has 0 radical (unpaired) electrons. The van der Waals surface area contributed by atoms with E-state index in [4.69, 9.17) is 5.73 Å². The molecule has 100 valence electrons. The van der Waals surface area contributed by atoms with Crippen LogP contribution in [0.1, 0.15) is 12.8 Å². The Kier molecular flexibility index (Phi) is 3.10. The molecular weight excluding hydrogens is 247 g/mol. The van der Waals surface area contributed by atoms with Gasteiger partial charge in [0.05, 0.1) is 11.9 Å². The van der Waals surface area contributed by atoms with Crippen LogP contribution < -0.4 is 10.6 Å². The number of aliphatic hydroxyl groups is 1. The van der Waals surface area contributed by atoms with Crippen molar-refractivity contribution in [3.63, 3.8) is 0 Å². The largest absolute Gasteiger partial charge is 0.417 e. The SMILES string of the molecule is Nc1ccc(N2CCC(O)(C(F)(F)F)CC2)cn1. The monoisotopic (exact) mass is 261 g/mol. The van der Waals surface area contributed by atoms with Crippen molar-refractivity contribution in [2.75, 3.05) is 23.7 Å². The number of halogens is 3. The van der Waals surface area contributed by atoms with Crippen molar-refractivity contribution in [3.05, 3.63) is 18.3 Å². The molecule has 1 aliphatic rings. The topological polar surface area (TPSA) is 62.4 Å². The second-order valence-corrected chi connectivity index (χ2v) is 4.46. The van der Waals surface area contributed by atoms with E-state index in [0.717, 1.165) is 0 Å². The standard InChI is InChI=1S/C11H14F3N3O/c12-11(13,14)10(18)3-5-17(6-4-10)8-1-2-9(15)16-7-8/h1-2,7,18H,3-6H2,(H2,15,16). The maximum Gasteiger partial charge on any atom is 0.417 e. The number of nitrogens with zero attached hydrogens (tertiary/aromatic N) is 2. The van der Waals surface area contributed by atoms with Crippen molar-refractivity contribution < 1.29 is 18.3 Å². The smallest absolute Gasteiger partial charge is 0.384 e. The zero-order valence-electron chi connectivity index (χ0n) is 9.61. The highest BCUT2D eigenvalue weighted by molar-refractivity contribution is 5.48. The highest BCUT2D eigenvalue weighted by Gasteiger charge is 2.54. The van der Waals surface area contributed by atoms with Crippen molar-refractivity contribution in [1.82, 2.24) is 4.98 Å². The number of hydrogen-bond acceptors (Lipinski definition) is 4. The number of nitrogen functional groups attached to an aromatic ring is 1. The highest BCUT2D eigenvalue weighted by atomic mass is 19.4. The molecule has 1 fully saturated rings. The van der Waals surface area contributed by atoms with E-state index in [1.165, 1.54) is 6.20 Å². The number of anilines is 2. The molecule has 7 heteroatoms. The van der Waals surface area contributed by atoms with E-state index in [0.29, 0.717) is 11.5 Å². The predicted molar refractivity (Wildman–Crippen MR) is 61.1 cm³/mol. The molecule has 0 amide bonds. The van der Waals surface area contributed by atoms with E-state index >= 15 is 0 Å². The Morgan fingerprint density at radius 2 is 1.89 bits per heavy atom. The lowest BCUT2D eigenvalue weighted by Crippen LogP contribution is -2.53. The van der Waals surface area contributed by atoms with Gasteiger partial charge in [0.1, 0.15) is 5.82 Å². The van der Waals surface area contributed by atoms with Crippen molar-refractivity contribution in [2.24, 2.45) is 0 Å². The Labute approximate surface area is 102 Å². The molecule has 0 aromatic carbocycles. The fraction of sp³-hybridized carbons (Fsp3) is 0.545. The molecule has 2 heterocycles. The van der Waals surface area contributed by atoms with E-state index in [1.807, 2.05) is 0 Å². The van der Waals surface area contributed by atoms with Gasteiger partial charge in [-0.2, -0.15) is 13.2 Å². The Morgan fingerprint density at radius 3 is 2.33 bits per heavy atom. The van der Waals surface area contributed by atoms with Crippen LogP contribution in [0, 0.1) is 0 Å². The van der Waals surface area contributed by atoms with Gasteiger partial charge in [-0.3, -0.25) is 0 Å². The zero-order chi connectivity index (χ0) is 13.4. The van der Waals surface area contributed by atoms with Gasteiger partial charge in [0, 0.05) is 25.9 Å². The molecule has 18 heavy (non-hydrogen) atoms. The van der Waals surface area contributed by atoms with Crippen molar-refractivity contribution in [1.29, 1.82) is 0 Å². The van der Waals surface area contributed by atoms with Gasteiger partial charge in [-0.1, -0.05) is 0 Å². The summed E-state index contributed by atoms with van der Waals surface area (Å²) in [4.78, 5) is 5.65. The number of aromatic nitrogens is 1. The van der Waals surface area contributed by atoms with Crippen LogP contribution in [0.4, 0.5) is 24.7 Å². The molecule has 3 N–H and O–H groups in total. The summed E-state index contributed by atoms with van der Waals surface area (Å²) in [5.74, 6) is 0.363. The fourth-order valence-corrected chi connectivity index (χ4v) is 2.00. The van der Waals surface area contributed by atoms with Crippen LogP contribution in [0.3, 0.4) is 0 Å². The molecule has 0 aliphatic carbocycles. The van der Waals surface area contributed by atoms with Crippen LogP contribution in [-0.2, 0) is 0 Å². The molecular formula is C11H14F3N3O. The minimum Gasteiger partial charge on any atom is -0.384 e. The first-order valence-corrected chi connectivity index (χ1v) is 5.57. The molecule has 0 saturated carbocycles. The Bertz CT molecular complexity index is 411. The van der Waals surface area contributed by atoms with Gasteiger partial charge in [0.15, 0.2) is 5.60 Å². The van der Waals surface area contributed by atoms with E-state index in [-0.39, 0.29) is 25.9 Å². The zero-order valence-corrected chi connectivity index (χ0v) is 9.61. The van der Waals surface area contributed by atoms with E-state index in [2.05, 4.69) is 4.98 Å². The van der Waals surface area contributed by atoms with Crippen molar-refractivity contribution in [2.45, 2.75) is 24.6 Å². The molecule has 1 aliphatic heterocycles.